The number of aliphatic hydroxyl groups excluding tert-OH is 1. The zero-order valence-corrected chi connectivity index (χ0v) is 10.8. The standard InChI is InChI=1S/C13H23N3O/c1-10(2)5-11(8-17)15-7-13-6-14-9-16(13)12-3-4-12/h6,9-12,15,17H,3-5,7-8H2,1-2H3. The fraction of sp³-hybridized carbons (Fsp3) is 0.769. The van der Waals surface area contributed by atoms with Gasteiger partial charge in [0.1, 0.15) is 0 Å². The number of imidazole rings is 1. The average molecular weight is 237 g/mol. The van der Waals surface area contributed by atoms with Gasteiger partial charge in [-0.2, -0.15) is 0 Å². The molecule has 4 nitrogen and oxygen atoms in total. The van der Waals surface area contributed by atoms with Crippen LogP contribution in [0.15, 0.2) is 12.5 Å². The van der Waals surface area contributed by atoms with E-state index in [4.69, 9.17) is 0 Å². The number of aliphatic hydroxyl groups is 1. The highest BCUT2D eigenvalue weighted by atomic mass is 16.3. The van der Waals surface area contributed by atoms with Crippen molar-refractivity contribution in [1.29, 1.82) is 0 Å². The van der Waals surface area contributed by atoms with E-state index in [-0.39, 0.29) is 12.6 Å². The van der Waals surface area contributed by atoms with Crippen molar-refractivity contribution in [3.05, 3.63) is 18.2 Å². The second kappa shape index (κ2) is 5.65. The summed E-state index contributed by atoms with van der Waals surface area (Å²) in [5.74, 6) is 0.605. The number of rotatable bonds is 7. The lowest BCUT2D eigenvalue weighted by Crippen LogP contribution is -2.33. The molecule has 0 radical (unpaired) electrons. The Morgan fingerprint density at radius 3 is 2.88 bits per heavy atom. The van der Waals surface area contributed by atoms with Gasteiger partial charge >= 0.3 is 0 Å². The Kier molecular flexibility index (Phi) is 4.18. The fourth-order valence-electron chi connectivity index (χ4n) is 2.19. The summed E-state index contributed by atoms with van der Waals surface area (Å²) in [6.45, 7) is 5.36. The largest absolute Gasteiger partial charge is 0.395 e. The number of aromatic nitrogens is 2. The first-order valence-corrected chi connectivity index (χ1v) is 6.55. The van der Waals surface area contributed by atoms with Crippen LogP contribution in [-0.2, 0) is 6.54 Å². The van der Waals surface area contributed by atoms with Crippen molar-refractivity contribution in [1.82, 2.24) is 14.9 Å². The first kappa shape index (κ1) is 12.6. The lowest BCUT2D eigenvalue weighted by molar-refractivity contribution is 0.223. The molecule has 2 N–H and O–H groups in total. The Morgan fingerprint density at radius 2 is 2.29 bits per heavy atom. The smallest absolute Gasteiger partial charge is 0.0951 e. The van der Waals surface area contributed by atoms with Gasteiger partial charge in [-0.05, 0) is 25.2 Å². The van der Waals surface area contributed by atoms with Gasteiger partial charge in [0.2, 0.25) is 0 Å². The minimum Gasteiger partial charge on any atom is -0.395 e. The van der Waals surface area contributed by atoms with E-state index >= 15 is 0 Å². The van der Waals surface area contributed by atoms with Crippen LogP contribution < -0.4 is 5.32 Å². The molecule has 1 heterocycles. The number of nitrogens with one attached hydrogen (secondary N) is 1. The summed E-state index contributed by atoms with van der Waals surface area (Å²) >= 11 is 0. The maximum atomic E-state index is 9.31. The quantitative estimate of drug-likeness (QED) is 0.759. The van der Waals surface area contributed by atoms with Crippen molar-refractivity contribution in [3.63, 3.8) is 0 Å². The van der Waals surface area contributed by atoms with E-state index in [0.717, 1.165) is 13.0 Å². The fourth-order valence-corrected chi connectivity index (χ4v) is 2.19. The Balaban J connectivity index is 1.85. The maximum Gasteiger partial charge on any atom is 0.0951 e. The van der Waals surface area contributed by atoms with Gasteiger partial charge in [-0.1, -0.05) is 13.8 Å². The Labute approximate surface area is 103 Å². The van der Waals surface area contributed by atoms with Gasteiger partial charge in [0.05, 0.1) is 18.6 Å². The zero-order valence-electron chi connectivity index (χ0n) is 10.8. The molecule has 1 aliphatic rings. The number of hydrogen-bond donors (Lipinski definition) is 2. The van der Waals surface area contributed by atoms with Gasteiger partial charge in [-0.25, -0.2) is 4.98 Å². The van der Waals surface area contributed by atoms with Crippen LogP contribution in [0.4, 0.5) is 0 Å². The molecule has 1 fully saturated rings. The van der Waals surface area contributed by atoms with E-state index in [2.05, 4.69) is 28.7 Å². The molecule has 0 bridgehead atoms. The molecule has 17 heavy (non-hydrogen) atoms. The third kappa shape index (κ3) is 3.54. The molecule has 1 saturated carbocycles. The van der Waals surface area contributed by atoms with Crippen LogP contribution in [-0.4, -0.2) is 27.3 Å². The van der Waals surface area contributed by atoms with Gasteiger partial charge in [0.15, 0.2) is 0 Å². The molecule has 4 heteroatoms. The molecule has 0 amide bonds. The predicted molar refractivity (Wildman–Crippen MR) is 67.7 cm³/mol. The summed E-state index contributed by atoms with van der Waals surface area (Å²) in [4.78, 5) is 4.21. The summed E-state index contributed by atoms with van der Waals surface area (Å²) in [5, 5.41) is 12.7. The van der Waals surface area contributed by atoms with Crippen LogP contribution >= 0.6 is 0 Å². The lowest BCUT2D eigenvalue weighted by atomic mass is 10.0. The molecule has 0 aliphatic heterocycles. The van der Waals surface area contributed by atoms with Crippen molar-refractivity contribution in [3.8, 4) is 0 Å². The Morgan fingerprint density at radius 1 is 1.53 bits per heavy atom. The molecule has 0 aromatic carbocycles. The Bertz CT molecular complexity index is 344. The highest BCUT2D eigenvalue weighted by molar-refractivity contribution is 5.03. The number of nitrogens with zero attached hydrogens (tertiary/aromatic N) is 2. The van der Waals surface area contributed by atoms with Crippen LogP contribution in [0.1, 0.15) is 44.8 Å². The zero-order chi connectivity index (χ0) is 12.3. The summed E-state index contributed by atoms with van der Waals surface area (Å²) in [5.41, 5.74) is 1.23. The second-order valence-electron chi connectivity index (χ2n) is 5.41. The monoisotopic (exact) mass is 237 g/mol. The van der Waals surface area contributed by atoms with Crippen molar-refractivity contribution in [2.24, 2.45) is 5.92 Å². The van der Waals surface area contributed by atoms with Crippen LogP contribution in [0, 0.1) is 5.92 Å². The molecule has 1 unspecified atom stereocenters. The van der Waals surface area contributed by atoms with Crippen molar-refractivity contribution >= 4 is 0 Å². The third-order valence-electron chi connectivity index (χ3n) is 3.23. The summed E-state index contributed by atoms with van der Waals surface area (Å²) < 4.78 is 2.26. The van der Waals surface area contributed by atoms with Crippen LogP contribution in [0.3, 0.4) is 0 Å². The van der Waals surface area contributed by atoms with Crippen molar-refractivity contribution in [2.45, 2.75) is 51.7 Å². The molecule has 1 aromatic heterocycles. The van der Waals surface area contributed by atoms with E-state index in [0.29, 0.717) is 12.0 Å². The number of hydrogen-bond acceptors (Lipinski definition) is 3. The van der Waals surface area contributed by atoms with E-state index in [1.807, 2.05) is 12.5 Å². The first-order chi connectivity index (χ1) is 8.20. The SMILES string of the molecule is CC(C)CC(CO)NCc1cncn1C1CC1. The van der Waals surface area contributed by atoms with E-state index in [9.17, 15) is 5.11 Å². The van der Waals surface area contributed by atoms with Gasteiger partial charge in [-0.15, -0.1) is 0 Å². The molecule has 0 saturated heterocycles. The van der Waals surface area contributed by atoms with Gasteiger partial charge in [0, 0.05) is 24.8 Å². The Hall–Kier alpha value is -0.870. The lowest BCUT2D eigenvalue weighted by Gasteiger charge is -2.18. The molecule has 1 atom stereocenters. The van der Waals surface area contributed by atoms with Crippen LogP contribution in [0.25, 0.3) is 0 Å². The van der Waals surface area contributed by atoms with Crippen molar-refractivity contribution in [2.75, 3.05) is 6.61 Å². The van der Waals surface area contributed by atoms with Crippen LogP contribution in [0.5, 0.6) is 0 Å². The summed E-state index contributed by atoms with van der Waals surface area (Å²) in [7, 11) is 0. The topological polar surface area (TPSA) is 50.1 Å². The minimum atomic E-state index is 0.192. The van der Waals surface area contributed by atoms with Gasteiger partial charge in [-0.3, -0.25) is 0 Å². The first-order valence-electron chi connectivity index (χ1n) is 6.55. The van der Waals surface area contributed by atoms with Crippen LogP contribution in [0.2, 0.25) is 0 Å². The molecular weight excluding hydrogens is 214 g/mol. The molecule has 1 aromatic rings. The molecular formula is C13H23N3O. The van der Waals surface area contributed by atoms with E-state index in [1.54, 1.807) is 0 Å². The van der Waals surface area contributed by atoms with E-state index < -0.39 is 0 Å². The third-order valence-corrected chi connectivity index (χ3v) is 3.23. The highest BCUT2D eigenvalue weighted by Gasteiger charge is 2.25. The van der Waals surface area contributed by atoms with Gasteiger partial charge < -0.3 is 15.0 Å². The minimum absolute atomic E-state index is 0.192. The van der Waals surface area contributed by atoms with E-state index in [1.165, 1.54) is 18.5 Å². The maximum absolute atomic E-state index is 9.31. The van der Waals surface area contributed by atoms with Gasteiger partial charge in [0.25, 0.3) is 0 Å². The average Bonchev–Trinajstić information content (AvgIpc) is 3.03. The molecule has 96 valence electrons. The highest BCUT2D eigenvalue weighted by Crippen LogP contribution is 2.35. The molecule has 0 spiro atoms. The second-order valence-corrected chi connectivity index (χ2v) is 5.41. The predicted octanol–water partition coefficient (Wildman–Crippen LogP) is 1.71. The normalized spacial score (nSPS) is 17.6. The molecule has 1 aliphatic carbocycles. The summed E-state index contributed by atoms with van der Waals surface area (Å²) in [6, 6.07) is 0.865. The molecule has 2 rings (SSSR count). The van der Waals surface area contributed by atoms with Crippen molar-refractivity contribution < 1.29 is 5.11 Å². The summed E-state index contributed by atoms with van der Waals surface area (Å²) in [6.07, 6.45) is 7.41.